The Bertz CT molecular complexity index is 1820. The van der Waals surface area contributed by atoms with E-state index in [4.69, 9.17) is 25.8 Å². The molecule has 8 nitrogen and oxygen atoms in total. The van der Waals surface area contributed by atoms with Crippen molar-refractivity contribution < 1.29 is 37.6 Å². The van der Waals surface area contributed by atoms with Gasteiger partial charge in [0.05, 0.1) is 28.2 Å². The largest absolute Gasteiger partial charge is 0.443 e. The lowest BCUT2D eigenvalue weighted by molar-refractivity contribution is -0.0715. The van der Waals surface area contributed by atoms with E-state index in [2.05, 4.69) is 9.97 Å². The van der Waals surface area contributed by atoms with Gasteiger partial charge in [0.25, 0.3) is 5.79 Å². The predicted molar refractivity (Wildman–Crippen MR) is 151 cm³/mol. The van der Waals surface area contributed by atoms with Crippen molar-refractivity contribution in [3.05, 3.63) is 106 Å². The van der Waals surface area contributed by atoms with Gasteiger partial charge in [0, 0.05) is 44.3 Å². The molecule has 2 aromatic heterocycles. The number of ether oxygens (including phenoxy) is 3. The van der Waals surface area contributed by atoms with E-state index < -0.39 is 29.5 Å². The second-order valence-corrected chi connectivity index (χ2v) is 10.6. The highest BCUT2D eigenvalue weighted by atomic mass is 35.5. The van der Waals surface area contributed by atoms with Crippen molar-refractivity contribution in [2.75, 3.05) is 13.7 Å². The summed E-state index contributed by atoms with van der Waals surface area (Å²) in [5.74, 6) is -3.52. The minimum atomic E-state index is -1.70. The number of aliphatic hydroxyl groups is 2. The molecule has 1 aliphatic heterocycles. The van der Waals surface area contributed by atoms with Gasteiger partial charge < -0.3 is 29.0 Å². The fourth-order valence-electron chi connectivity index (χ4n) is 5.16. The second-order valence-electron chi connectivity index (χ2n) is 10.2. The van der Waals surface area contributed by atoms with Gasteiger partial charge in [-0.25, -0.2) is 18.2 Å². The number of aromatic nitrogens is 3. The molecule has 0 bridgehead atoms. The Kier molecular flexibility index (Phi) is 7.51. The number of nitrogens with zero attached hydrogens (tertiary/aromatic N) is 3. The van der Waals surface area contributed by atoms with Gasteiger partial charge in [0.2, 0.25) is 0 Å². The van der Waals surface area contributed by atoms with Crippen molar-refractivity contribution >= 4 is 22.6 Å². The van der Waals surface area contributed by atoms with E-state index in [1.807, 2.05) is 0 Å². The van der Waals surface area contributed by atoms with E-state index in [1.54, 1.807) is 35.8 Å². The second kappa shape index (κ2) is 11.2. The summed E-state index contributed by atoms with van der Waals surface area (Å²) in [6.45, 7) is 2.17. The maximum absolute atomic E-state index is 15.6. The van der Waals surface area contributed by atoms with Gasteiger partial charge in [0.1, 0.15) is 29.0 Å². The van der Waals surface area contributed by atoms with E-state index in [9.17, 15) is 10.2 Å². The zero-order valence-electron chi connectivity index (χ0n) is 22.9. The van der Waals surface area contributed by atoms with Crippen LogP contribution in [0.4, 0.5) is 13.2 Å². The van der Waals surface area contributed by atoms with Crippen LogP contribution in [0, 0.1) is 17.5 Å². The van der Waals surface area contributed by atoms with Crippen molar-refractivity contribution in [1.82, 2.24) is 14.5 Å². The van der Waals surface area contributed by atoms with E-state index in [0.717, 1.165) is 18.2 Å². The highest BCUT2D eigenvalue weighted by Gasteiger charge is 2.42. The summed E-state index contributed by atoms with van der Waals surface area (Å²) >= 11 is 5.95. The zero-order chi connectivity index (χ0) is 30.5. The third kappa shape index (κ3) is 5.29. The molecule has 222 valence electrons. The normalized spacial score (nSPS) is 16.0. The molecule has 43 heavy (non-hydrogen) atoms. The Morgan fingerprint density at radius 3 is 2.44 bits per heavy atom. The maximum Gasteiger partial charge on any atom is 0.292 e. The molecule has 3 aromatic carbocycles. The highest BCUT2D eigenvalue weighted by molar-refractivity contribution is 6.30. The Balaban J connectivity index is 1.37. The Labute approximate surface area is 248 Å². The first-order valence-electron chi connectivity index (χ1n) is 13.2. The predicted octanol–water partition coefficient (Wildman–Crippen LogP) is 6.03. The molecule has 0 amide bonds. The number of benzene rings is 3. The number of hydrogen-bond donors (Lipinski definition) is 2. The number of aliphatic hydroxyl groups excluding tert-OH is 1. The number of fused-ring (bicyclic) bond motifs is 2. The van der Waals surface area contributed by atoms with Crippen LogP contribution in [-0.4, -0.2) is 38.5 Å². The molecule has 2 N–H and O–H groups in total. The molecule has 1 unspecified atom stereocenters. The summed E-state index contributed by atoms with van der Waals surface area (Å²) in [5.41, 5.74) is 1.13. The number of methoxy groups -OCH3 is 1. The molecule has 12 heteroatoms. The number of rotatable bonds is 8. The SMILES string of the molecule is COCCn1c(Cc2c(F)cc(-c3c(F)ccc4c3OC(C)(c3ccc(Cl)cn3)O4)cc2F)nc2ccc(C(O)O)cc21. The van der Waals surface area contributed by atoms with Crippen molar-refractivity contribution in [2.24, 2.45) is 0 Å². The van der Waals surface area contributed by atoms with Crippen LogP contribution < -0.4 is 9.47 Å². The Hall–Kier alpha value is -4.16. The van der Waals surface area contributed by atoms with Crippen molar-refractivity contribution in [3.8, 4) is 22.6 Å². The lowest BCUT2D eigenvalue weighted by atomic mass is 9.99. The topological polar surface area (TPSA) is 98.9 Å². The molecule has 0 saturated carbocycles. The number of imidazole rings is 1. The third-order valence-electron chi connectivity index (χ3n) is 7.30. The van der Waals surface area contributed by atoms with E-state index in [0.29, 0.717) is 34.1 Å². The van der Waals surface area contributed by atoms with Gasteiger partial charge in [-0.3, -0.25) is 4.98 Å². The number of pyridine rings is 1. The molecule has 0 spiro atoms. The quantitative estimate of drug-likeness (QED) is 0.207. The summed E-state index contributed by atoms with van der Waals surface area (Å²) in [6.07, 6.45) is -0.514. The average Bonchev–Trinajstić information content (AvgIpc) is 3.50. The maximum atomic E-state index is 15.6. The molecule has 5 aromatic rings. The van der Waals surface area contributed by atoms with Crippen LogP contribution >= 0.6 is 11.6 Å². The molecule has 6 rings (SSSR count). The summed E-state index contributed by atoms with van der Waals surface area (Å²) in [6, 6.07) is 12.5. The van der Waals surface area contributed by atoms with Crippen LogP contribution in [-0.2, 0) is 23.5 Å². The summed E-state index contributed by atoms with van der Waals surface area (Å²) in [7, 11) is 1.52. The standard InChI is InChI=1S/C31H25ClF3N3O5/c1-31(26-8-4-18(32)15-36-26)42-25-7-5-20(33)28(29(25)43-31)17-11-21(34)19(22(35)12-17)14-27-37-23-6-3-16(30(39)40)13-24(23)38(27)9-10-41-2/h3-8,11-13,15,30,39-40H,9-10,14H2,1-2H3. The first kappa shape index (κ1) is 28.9. The number of hydrogen-bond acceptors (Lipinski definition) is 7. The lowest BCUT2D eigenvalue weighted by Gasteiger charge is -2.22. The number of halogens is 4. The zero-order valence-corrected chi connectivity index (χ0v) is 23.7. The van der Waals surface area contributed by atoms with Crippen LogP contribution in [0.1, 0.15) is 35.9 Å². The minimum absolute atomic E-state index is 0.0194. The molecule has 1 aliphatic rings. The fourth-order valence-corrected chi connectivity index (χ4v) is 5.27. The fraction of sp³-hybridized carbons (Fsp3) is 0.226. The molecule has 0 fully saturated rings. The molecule has 0 radical (unpaired) electrons. The molecule has 3 heterocycles. The van der Waals surface area contributed by atoms with Crippen LogP contribution in [0.5, 0.6) is 11.5 Å². The van der Waals surface area contributed by atoms with Gasteiger partial charge in [-0.1, -0.05) is 17.7 Å². The van der Waals surface area contributed by atoms with E-state index >= 15 is 13.2 Å². The Morgan fingerprint density at radius 2 is 1.77 bits per heavy atom. The van der Waals surface area contributed by atoms with Crippen molar-refractivity contribution in [3.63, 3.8) is 0 Å². The van der Waals surface area contributed by atoms with Crippen LogP contribution in [0.2, 0.25) is 5.02 Å². The van der Waals surface area contributed by atoms with E-state index in [-0.39, 0.29) is 46.8 Å². The molecular weight excluding hydrogens is 587 g/mol. The smallest absolute Gasteiger partial charge is 0.292 e. The third-order valence-corrected chi connectivity index (χ3v) is 7.52. The molecule has 0 saturated heterocycles. The van der Waals surface area contributed by atoms with Gasteiger partial charge >= 0.3 is 0 Å². The average molecular weight is 612 g/mol. The van der Waals surface area contributed by atoms with Crippen LogP contribution in [0.3, 0.4) is 0 Å². The van der Waals surface area contributed by atoms with Crippen molar-refractivity contribution in [2.45, 2.75) is 32.0 Å². The van der Waals surface area contributed by atoms with Gasteiger partial charge in [-0.2, -0.15) is 0 Å². The van der Waals surface area contributed by atoms with Crippen LogP contribution in [0.15, 0.2) is 60.8 Å². The van der Waals surface area contributed by atoms with E-state index in [1.165, 1.54) is 25.4 Å². The minimum Gasteiger partial charge on any atom is -0.443 e. The van der Waals surface area contributed by atoms with Gasteiger partial charge in [0.15, 0.2) is 17.8 Å². The Morgan fingerprint density at radius 1 is 1.00 bits per heavy atom. The first-order chi connectivity index (χ1) is 20.6. The highest BCUT2D eigenvalue weighted by Crippen LogP contribution is 2.50. The summed E-state index contributed by atoms with van der Waals surface area (Å²) in [4.78, 5) is 8.77. The van der Waals surface area contributed by atoms with Crippen LogP contribution in [0.25, 0.3) is 22.2 Å². The first-order valence-corrected chi connectivity index (χ1v) is 13.6. The van der Waals surface area contributed by atoms with Gasteiger partial charge in [-0.05, 0) is 54.1 Å². The van der Waals surface area contributed by atoms with Gasteiger partial charge in [-0.15, -0.1) is 0 Å². The summed E-state index contributed by atoms with van der Waals surface area (Å²) in [5, 5.41) is 19.6. The summed E-state index contributed by atoms with van der Waals surface area (Å²) < 4.78 is 65.4. The molecule has 1 atom stereocenters. The molecule has 0 aliphatic carbocycles. The lowest BCUT2D eigenvalue weighted by Crippen LogP contribution is -2.32. The van der Waals surface area contributed by atoms with Crippen molar-refractivity contribution in [1.29, 1.82) is 0 Å². The monoisotopic (exact) mass is 611 g/mol. The molecular formula is C31H25ClF3N3O5.